The van der Waals surface area contributed by atoms with Crippen LogP contribution in [0.25, 0.3) is 10.8 Å². The number of nitrogens with two attached hydrogens (primary N) is 1. The van der Waals surface area contributed by atoms with E-state index in [1.54, 1.807) is 7.05 Å². The average Bonchev–Trinajstić information content (AvgIpc) is 3.17. The number of thioether (sulfide) groups is 2. The molecule has 1 fully saturated rings. The fourth-order valence-electron chi connectivity index (χ4n) is 3.16. The standard InChI is InChI=1S/C20H27N3O2S3/c1-18(2,3)28(25)23-19(21,20(17(24)22-4)26-11-12-27-20)16-10-9-14-7-5-6-8-15(14)13-16/h5-10,13,23H,11-12,21H2,1-4H3,(H,22,24). The number of hydrogen-bond acceptors (Lipinski definition) is 5. The predicted octanol–water partition coefficient (Wildman–Crippen LogP) is 2.93. The largest absolute Gasteiger partial charge is 0.357 e. The molecule has 1 saturated heterocycles. The summed E-state index contributed by atoms with van der Waals surface area (Å²) in [5.74, 6) is 1.43. The topological polar surface area (TPSA) is 84.2 Å². The minimum absolute atomic E-state index is 0.172. The monoisotopic (exact) mass is 437 g/mol. The summed E-state index contributed by atoms with van der Waals surface area (Å²) in [6, 6.07) is 13.9. The molecule has 4 N–H and O–H groups in total. The molecule has 2 aromatic carbocycles. The van der Waals surface area contributed by atoms with Crippen LogP contribution in [-0.2, 0) is 21.4 Å². The SMILES string of the molecule is CNC(=O)C1(C(N)(NS(=O)C(C)(C)C)c2ccc3ccccc3c2)SCCS1. The Morgan fingerprint density at radius 2 is 1.71 bits per heavy atom. The van der Waals surface area contributed by atoms with Gasteiger partial charge in [-0.25, -0.2) is 8.93 Å². The van der Waals surface area contributed by atoms with E-state index in [1.165, 1.54) is 23.5 Å². The third-order valence-electron chi connectivity index (χ3n) is 4.75. The Balaban J connectivity index is 2.20. The number of benzene rings is 2. The van der Waals surface area contributed by atoms with Gasteiger partial charge in [-0.3, -0.25) is 4.79 Å². The number of carbonyl (C=O) groups excluding carboxylic acids is 1. The molecule has 8 heteroatoms. The molecular weight excluding hydrogens is 410 g/mol. The second-order valence-corrected chi connectivity index (χ2v) is 12.6. The van der Waals surface area contributed by atoms with Gasteiger partial charge >= 0.3 is 0 Å². The third-order valence-corrected chi connectivity index (χ3v) is 9.98. The lowest BCUT2D eigenvalue weighted by Crippen LogP contribution is -2.68. The first-order valence-electron chi connectivity index (χ1n) is 9.12. The first-order chi connectivity index (χ1) is 13.1. The number of carbonyl (C=O) groups is 1. The second-order valence-electron chi connectivity index (χ2n) is 7.75. The van der Waals surface area contributed by atoms with Crippen LogP contribution in [0.1, 0.15) is 26.3 Å². The highest BCUT2D eigenvalue weighted by Crippen LogP contribution is 2.53. The lowest BCUT2D eigenvalue weighted by atomic mass is 9.93. The van der Waals surface area contributed by atoms with Gasteiger partial charge in [0.1, 0.15) is 5.66 Å². The Labute approximate surface area is 177 Å². The molecule has 2 aromatic rings. The first kappa shape index (κ1) is 21.6. The van der Waals surface area contributed by atoms with Crippen molar-refractivity contribution in [1.29, 1.82) is 0 Å². The fraction of sp³-hybridized carbons (Fsp3) is 0.450. The van der Waals surface area contributed by atoms with Gasteiger partial charge in [0, 0.05) is 18.6 Å². The highest BCUT2D eigenvalue weighted by atomic mass is 32.2. The van der Waals surface area contributed by atoms with E-state index in [4.69, 9.17) is 5.73 Å². The molecule has 2 atom stereocenters. The molecule has 0 aromatic heterocycles. The van der Waals surface area contributed by atoms with Crippen LogP contribution in [0.2, 0.25) is 0 Å². The van der Waals surface area contributed by atoms with Crippen molar-refractivity contribution in [2.45, 2.75) is 35.3 Å². The smallest absolute Gasteiger partial charge is 0.249 e. The minimum atomic E-state index is -1.46. The molecule has 0 saturated carbocycles. The normalized spacial score (nSPS) is 19.9. The van der Waals surface area contributed by atoms with Crippen LogP contribution in [0.4, 0.5) is 0 Å². The summed E-state index contributed by atoms with van der Waals surface area (Å²) in [6.45, 7) is 5.66. The lowest BCUT2D eigenvalue weighted by molar-refractivity contribution is -0.122. The summed E-state index contributed by atoms with van der Waals surface area (Å²) < 4.78 is 14.7. The van der Waals surface area contributed by atoms with Gasteiger partial charge in [0.25, 0.3) is 0 Å². The van der Waals surface area contributed by atoms with E-state index in [0.29, 0.717) is 0 Å². The highest BCUT2D eigenvalue weighted by molar-refractivity contribution is 8.22. The van der Waals surface area contributed by atoms with Gasteiger partial charge in [-0.15, -0.1) is 23.5 Å². The molecule has 0 bridgehead atoms. The quantitative estimate of drug-likeness (QED) is 0.627. The third kappa shape index (κ3) is 3.73. The van der Waals surface area contributed by atoms with Gasteiger partial charge in [-0.05, 0) is 43.2 Å². The number of nitrogens with one attached hydrogen (secondary N) is 2. The fourth-order valence-corrected chi connectivity index (χ4v) is 7.50. The molecule has 152 valence electrons. The maximum Gasteiger partial charge on any atom is 0.249 e. The summed E-state index contributed by atoms with van der Waals surface area (Å²) in [5.41, 5.74) is 6.44. The molecule has 28 heavy (non-hydrogen) atoms. The van der Waals surface area contributed by atoms with Crippen molar-refractivity contribution in [1.82, 2.24) is 10.0 Å². The summed E-state index contributed by atoms with van der Waals surface area (Å²) >= 11 is 3.02. The molecule has 1 amide bonds. The molecule has 1 aliphatic heterocycles. The summed E-state index contributed by atoms with van der Waals surface area (Å²) in [4.78, 5) is 13.1. The number of amides is 1. The zero-order valence-electron chi connectivity index (χ0n) is 16.6. The molecule has 5 nitrogen and oxygen atoms in total. The minimum Gasteiger partial charge on any atom is -0.357 e. The Morgan fingerprint density at radius 3 is 2.29 bits per heavy atom. The lowest BCUT2D eigenvalue weighted by Gasteiger charge is -2.44. The summed E-state index contributed by atoms with van der Waals surface area (Å²) in [7, 11) is 0.153. The van der Waals surface area contributed by atoms with Crippen molar-refractivity contribution >= 4 is 51.2 Å². The molecular formula is C20H27N3O2S3. The van der Waals surface area contributed by atoms with Crippen molar-refractivity contribution in [3.63, 3.8) is 0 Å². The van der Waals surface area contributed by atoms with Crippen molar-refractivity contribution in [3.8, 4) is 0 Å². The number of fused-ring (bicyclic) bond motifs is 1. The zero-order chi connectivity index (χ0) is 20.6. The van der Waals surface area contributed by atoms with Crippen LogP contribution in [0, 0.1) is 0 Å². The van der Waals surface area contributed by atoms with Crippen LogP contribution in [0.3, 0.4) is 0 Å². The molecule has 0 aliphatic carbocycles. The van der Waals surface area contributed by atoms with Crippen LogP contribution < -0.4 is 15.8 Å². The van der Waals surface area contributed by atoms with E-state index >= 15 is 0 Å². The van der Waals surface area contributed by atoms with Crippen molar-refractivity contribution < 1.29 is 9.00 Å². The van der Waals surface area contributed by atoms with Gasteiger partial charge in [0.15, 0.2) is 4.08 Å². The van der Waals surface area contributed by atoms with Crippen molar-refractivity contribution in [2.24, 2.45) is 5.73 Å². The van der Waals surface area contributed by atoms with E-state index in [2.05, 4.69) is 10.0 Å². The summed E-state index contributed by atoms with van der Waals surface area (Å²) in [5, 5.41) is 4.89. The van der Waals surface area contributed by atoms with E-state index < -0.39 is 25.5 Å². The number of hydrogen-bond donors (Lipinski definition) is 3. The van der Waals surface area contributed by atoms with Gasteiger partial charge in [0.2, 0.25) is 5.91 Å². The molecule has 1 aliphatic rings. The second kappa shape index (κ2) is 7.99. The Bertz CT molecular complexity index is 907. The van der Waals surface area contributed by atoms with Crippen molar-refractivity contribution in [3.05, 3.63) is 48.0 Å². The maximum atomic E-state index is 13.1. The summed E-state index contributed by atoms with van der Waals surface area (Å²) in [6.07, 6.45) is 0. The maximum absolute atomic E-state index is 13.1. The molecule has 2 unspecified atom stereocenters. The molecule has 0 spiro atoms. The van der Waals surface area contributed by atoms with E-state index in [1.807, 2.05) is 63.2 Å². The van der Waals surface area contributed by atoms with Crippen LogP contribution >= 0.6 is 23.5 Å². The van der Waals surface area contributed by atoms with Gasteiger partial charge in [-0.1, -0.05) is 36.4 Å². The Kier molecular flexibility index (Phi) is 6.18. The van der Waals surface area contributed by atoms with Gasteiger partial charge in [-0.2, -0.15) is 0 Å². The molecule has 1 heterocycles. The van der Waals surface area contributed by atoms with Crippen molar-refractivity contribution in [2.75, 3.05) is 18.6 Å². The van der Waals surface area contributed by atoms with Gasteiger partial charge in [0.05, 0.1) is 15.7 Å². The van der Waals surface area contributed by atoms with Crippen LogP contribution in [0.5, 0.6) is 0 Å². The number of rotatable bonds is 5. The average molecular weight is 438 g/mol. The van der Waals surface area contributed by atoms with E-state index in [9.17, 15) is 9.00 Å². The van der Waals surface area contributed by atoms with E-state index in [-0.39, 0.29) is 5.91 Å². The zero-order valence-corrected chi connectivity index (χ0v) is 19.0. The Hall–Kier alpha value is -1.06. The predicted molar refractivity (Wildman–Crippen MR) is 123 cm³/mol. The Morgan fingerprint density at radius 1 is 1.11 bits per heavy atom. The molecule has 3 rings (SSSR count). The van der Waals surface area contributed by atoms with Crippen LogP contribution in [0.15, 0.2) is 42.5 Å². The van der Waals surface area contributed by atoms with E-state index in [0.717, 1.165) is 27.8 Å². The molecule has 0 radical (unpaired) electrons. The van der Waals surface area contributed by atoms with Gasteiger partial charge < -0.3 is 11.1 Å². The first-order valence-corrected chi connectivity index (χ1v) is 12.2. The highest BCUT2D eigenvalue weighted by Gasteiger charge is 2.59. The van der Waals surface area contributed by atoms with Crippen LogP contribution in [-0.4, -0.2) is 37.5 Å².